The number of rotatable bonds is 6. The minimum absolute atomic E-state index is 0.166. The fraction of sp³-hybridized carbons (Fsp3) is 0.500. The lowest BCUT2D eigenvalue weighted by Gasteiger charge is -2.03. The first-order valence-electron chi connectivity index (χ1n) is 3.88. The van der Waals surface area contributed by atoms with Crippen molar-refractivity contribution in [2.24, 2.45) is 0 Å². The summed E-state index contributed by atoms with van der Waals surface area (Å²) in [4.78, 5) is 20.6. The van der Waals surface area contributed by atoms with Crippen LogP contribution in [0.1, 0.15) is 25.7 Å². The first kappa shape index (κ1) is 12.4. The van der Waals surface area contributed by atoms with Crippen molar-refractivity contribution in [3.05, 3.63) is 12.3 Å². The Morgan fingerprint density at radius 1 is 1.31 bits per heavy atom. The topological polar surface area (TPSA) is 66.4 Å². The molecule has 0 heterocycles. The van der Waals surface area contributed by atoms with Gasteiger partial charge in [0.1, 0.15) is 0 Å². The summed E-state index contributed by atoms with van der Waals surface area (Å²) in [5.74, 6) is -0.788. The number of allylic oxidation sites excluding steroid dienone is 1. The second-order valence-corrected chi connectivity index (χ2v) is 3.58. The van der Waals surface area contributed by atoms with Crippen molar-refractivity contribution < 1.29 is 14.7 Å². The summed E-state index contributed by atoms with van der Waals surface area (Å²) >= 11 is 1.62. The van der Waals surface area contributed by atoms with E-state index in [1.54, 1.807) is 22.6 Å². The summed E-state index contributed by atoms with van der Waals surface area (Å²) in [7, 11) is 0. The van der Waals surface area contributed by atoms with Crippen LogP contribution in [0.3, 0.4) is 0 Å². The van der Waals surface area contributed by atoms with Crippen LogP contribution in [-0.4, -0.2) is 15.0 Å². The van der Waals surface area contributed by atoms with Crippen LogP contribution in [0.2, 0.25) is 0 Å². The van der Waals surface area contributed by atoms with Crippen molar-refractivity contribution in [1.29, 1.82) is 0 Å². The Morgan fingerprint density at radius 3 is 2.31 bits per heavy atom. The number of carbonyl (C=O) groups excluding carboxylic acids is 1. The molecule has 74 valence electrons. The van der Waals surface area contributed by atoms with Gasteiger partial charge >= 0.3 is 5.97 Å². The third kappa shape index (κ3) is 9.32. The minimum Gasteiger partial charge on any atom is -0.481 e. The van der Waals surface area contributed by atoms with Gasteiger partial charge in [0.05, 0.1) is 0 Å². The van der Waals surface area contributed by atoms with Crippen molar-refractivity contribution in [3.63, 3.8) is 0 Å². The van der Waals surface area contributed by atoms with E-state index in [0.29, 0.717) is 18.5 Å². The Hall–Kier alpha value is -0.590. The van der Waals surface area contributed by atoms with Crippen molar-refractivity contribution in [3.8, 4) is 0 Å². The van der Waals surface area contributed by atoms with Gasteiger partial charge in [-0.1, -0.05) is 6.58 Å². The van der Waals surface area contributed by atoms with Gasteiger partial charge in [-0.15, -0.1) is 0 Å². The molecule has 0 aromatic heterocycles. The molecule has 0 rings (SSSR count). The molecule has 0 bridgehead atoms. The molecular formula is C8H12INO3. The average Bonchev–Trinajstić information content (AvgIpc) is 1.96. The fourth-order valence-electron chi connectivity index (χ4n) is 0.816. The van der Waals surface area contributed by atoms with E-state index in [0.717, 1.165) is 6.42 Å². The maximum atomic E-state index is 10.5. The van der Waals surface area contributed by atoms with E-state index in [-0.39, 0.29) is 10.3 Å². The van der Waals surface area contributed by atoms with Crippen LogP contribution in [0.4, 0.5) is 4.79 Å². The maximum Gasteiger partial charge on any atom is 0.303 e. The highest BCUT2D eigenvalue weighted by Crippen LogP contribution is 2.05. The predicted octanol–water partition coefficient (Wildman–Crippen LogP) is 2.29. The van der Waals surface area contributed by atoms with Crippen LogP contribution >= 0.6 is 22.6 Å². The molecule has 0 aliphatic rings. The molecule has 0 aromatic carbocycles. The third-order valence-electron chi connectivity index (χ3n) is 1.39. The lowest BCUT2D eigenvalue weighted by Crippen LogP contribution is -2.14. The van der Waals surface area contributed by atoms with Crippen LogP contribution in [0.15, 0.2) is 12.3 Å². The zero-order valence-electron chi connectivity index (χ0n) is 7.18. The molecule has 0 atom stereocenters. The Morgan fingerprint density at radius 2 is 1.85 bits per heavy atom. The highest BCUT2D eigenvalue weighted by molar-refractivity contribution is 14.1. The second-order valence-electron chi connectivity index (χ2n) is 2.60. The van der Waals surface area contributed by atoms with Crippen LogP contribution in [-0.2, 0) is 4.79 Å². The number of carboxylic acids is 1. The number of hydrogen-bond acceptors (Lipinski definition) is 2. The maximum absolute atomic E-state index is 10.5. The zero-order chi connectivity index (χ0) is 10.3. The van der Waals surface area contributed by atoms with Crippen molar-refractivity contribution in [1.82, 2.24) is 5.32 Å². The quantitative estimate of drug-likeness (QED) is 0.342. The van der Waals surface area contributed by atoms with Gasteiger partial charge in [-0.2, -0.15) is 0 Å². The third-order valence-corrected chi connectivity index (χ3v) is 1.66. The van der Waals surface area contributed by atoms with Crippen molar-refractivity contribution >= 4 is 32.5 Å². The Bertz CT molecular complexity index is 215. The van der Waals surface area contributed by atoms with Crippen LogP contribution in [0, 0.1) is 0 Å². The van der Waals surface area contributed by atoms with E-state index >= 15 is 0 Å². The van der Waals surface area contributed by atoms with E-state index in [2.05, 4.69) is 11.9 Å². The molecule has 5 heteroatoms. The lowest BCUT2D eigenvalue weighted by molar-refractivity contribution is -0.137. The highest BCUT2D eigenvalue weighted by atomic mass is 127. The molecule has 0 fully saturated rings. The number of halogens is 1. The number of carbonyl (C=O) groups is 2. The monoisotopic (exact) mass is 297 g/mol. The van der Waals surface area contributed by atoms with E-state index in [4.69, 9.17) is 5.11 Å². The van der Waals surface area contributed by atoms with Gasteiger partial charge in [0.25, 0.3) is 3.91 Å². The molecule has 4 nitrogen and oxygen atoms in total. The number of carboxylic acid groups (broad SMARTS) is 1. The summed E-state index contributed by atoms with van der Waals surface area (Å²) in [6.07, 6.45) is 2.17. The van der Waals surface area contributed by atoms with Gasteiger partial charge in [0, 0.05) is 34.7 Å². The average molecular weight is 297 g/mol. The van der Waals surface area contributed by atoms with Crippen molar-refractivity contribution in [2.45, 2.75) is 25.7 Å². The number of amides is 1. The highest BCUT2D eigenvalue weighted by Gasteiger charge is 1.99. The van der Waals surface area contributed by atoms with Gasteiger partial charge in [0.15, 0.2) is 0 Å². The normalized spacial score (nSPS) is 9.31. The van der Waals surface area contributed by atoms with E-state index in [1.165, 1.54) is 0 Å². The first-order chi connectivity index (χ1) is 6.02. The standard InChI is InChI=1S/C8H12INO3/c1-6(10-8(9)13)4-2-3-5-7(11)12/h1-5H2,(H,10,13)(H,11,12). The number of nitrogens with one attached hydrogen (secondary N) is 1. The Labute approximate surface area is 90.5 Å². The number of hydrogen-bond donors (Lipinski definition) is 2. The molecule has 0 aliphatic heterocycles. The number of unbranched alkanes of at least 4 members (excludes halogenated alkanes) is 1. The molecule has 2 N–H and O–H groups in total. The van der Waals surface area contributed by atoms with Crippen LogP contribution < -0.4 is 5.32 Å². The molecule has 0 spiro atoms. The van der Waals surface area contributed by atoms with Crippen LogP contribution in [0.5, 0.6) is 0 Å². The van der Waals surface area contributed by atoms with E-state index in [9.17, 15) is 9.59 Å². The molecule has 0 radical (unpaired) electrons. The smallest absolute Gasteiger partial charge is 0.303 e. The summed E-state index contributed by atoms with van der Waals surface area (Å²) in [6.45, 7) is 3.63. The van der Waals surface area contributed by atoms with E-state index in [1.807, 2.05) is 0 Å². The molecule has 0 saturated carbocycles. The minimum atomic E-state index is -0.788. The summed E-state index contributed by atoms with van der Waals surface area (Å²) in [6, 6.07) is 0. The lowest BCUT2D eigenvalue weighted by atomic mass is 10.1. The predicted molar refractivity (Wildman–Crippen MR) is 57.8 cm³/mol. The van der Waals surface area contributed by atoms with Crippen LogP contribution in [0.25, 0.3) is 0 Å². The molecular weight excluding hydrogens is 285 g/mol. The van der Waals surface area contributed by atoms with Gasteiger partial charge in [-0.25, -0.2) is 0 Å². The summed E-state index contributed by atoms with van der Waals surface area (Å²) in [5, 5.41) is 10.9. The molecule has 0 aliphatic carbocycles. The van der Waals surface area contributed by atoms with Gasteiger partial charge in [0.2, 0.25) is 0 Å². The largest absolute Gasteiger partial charge is 0.481 e. The molecule has 13 heavy (non-hydrogen) atoms. The molecule has 0 aromatic rings. The van der Waals surface area contributed by atoms with Gasteiger partial charge < -0.3 is 10.4 Å². The molecule has 0 saturated heterocycles. The van der Waals surface area contributed by atoms with Gasteiger partial charge in [-0.05, 0) is 19.3 Å². The Kier molecular flexibility index (Phi) is 6.56. The summed E-state index contributed by atoms with van der Waals surface area (Å²) < 4.78 is -0.166. The zero-order valence-corrected chi connectivity index (χ0v) is 9.33. The summed E-state index contributed by atoms with van der Waals surface area (Å²) in [5.41, 5.74) is 0.643. The SMILES string of the molecule is C=C(CCCCC(=O)O)NC(=O)I. The van der Waals surface area contributed by atoms with Gasteiger partial charge in [-0.3, -0.25) is 9.59 Å². The van der Waals surface area contributed by atoms with Crippen molar-refractivity contribution in [2.75, 3.05) is 0 Å². The molecule has 0 unspecified atom stereocenters. The fourth-order valence-corrected chi connectivity index (χ4v) is 1.20. The number of aliphatic carboxylic acids is 1. The van der Waals surface area contributed by atoms with E-state index < -0.39 is 5.97 Å². The second kappa shape index (κ2) is 6.88. The first-order valence-corrected chi connectivity index (χ1v) is 4.96. The Balaban J connectivity index is 3.37. The molecule has 1 amide bonds.